The molecule has 6 nitrogen and oxygen atoms in total. The topological polar surface area (TPSA) is 72.3 Å². The maximum atomic E-state index is 6.08. The molecule has 0 bridgehead atoms. The normalized spacial score (nSPS) is 11.8. The van der Waals surface area contributed by atoms with Gasteiger partial charge in [-0.25, -0.2) is 19.9 Å². The second-order valence-corrected chi connectivity index (χ2v) is 23.7. The highest BCUT2D eigenvalue weighted by atomic mass is 35.5. The van der Waals surface area contributed by atoms with Gasteiger partial charge in [0, 0.05) is 59.7 Å². The third kappa shape index (κ3) is 8.56. The van der Waals surface area contributed by atoms with Crippen LogP contribution in [0.4, 0.5) is 0 Å². The average Bonchev–Trinajstić information content (AvgIpc) is 1.58. The molecule has 0 atom stereocenters. The van der Waals surface area contributed by atoms with Crippen LogP contribution in [0.25, 0.3) is 182 Å². The molecule has 7 heteroatoms. The summed E-state index contributed by atoms with van der Waals surface area (Å²) in [6, 6.07) is 107. The van der Waals surface area contributed by atoms with E-state index in [0.717, 1.165) is 55.4 Å². The van der Waals surface area contributed by atoms with E-state index in [1.807, 2.05) is 42.5 Å². The average molecular weight is 1180 g/mol. The molecule has 0 fully saturated rings. The zero-order valence-electron chi connectivity index (χ0n) is 49.0. The molecule has 14 aromatic carbocycles. The molecule has 1 N–H and O–H groups in total. The minimum absolute atomic E-state index is 0.269. The fraction of sp³-hybridized carbons (Fsp3) is 0. The summed E-state index contributed by atoms with van der Waals surface area (Å²) in [5.74, 6) is 0.679. The van der Waals surface area contributed by atoms with Gasteiger partial charge in [0.05, 0.1) is 39.0 Å². The number of rotatable bonds is 5. The second-order valence-electron chi connectivity index (χ2n) is 23.4. The summed E-state index contributed by atoms with van der Waals surface area (Å²) >= 11 is 6.08. The van der Waals surface area contributed by atoms with Gasteiger partial charge in [-0.3, -0.25) is 4.57 Å². The maximum Gasteiger partial charge on any atom is 0.235 e. The third-order valence-electron chi connectivity index (χ3n) is 18.3. The lowest BCUT2D eigenvalue weighted by Crippen LogP contribution is -2.03. The number of hydrogen-bond donors (Lipinski definition) is 1. The number of nitrogens with zero attached hydrogens (tertiary/aromatic N) is 5. The minimum Gasteiger partial charge on any atom is -0.354 e. The van der Waals surface area contributed by atoms with Crippen LogP contribution in [0.15, 0.2) is 303 Å². The molecule has 4 aromatic heterocycles. The van der Waals surface area contributed by atoms with Gasteiger partial charge in [-0.05, 0) is 126 Å². The molecule has 2 aliphatic rings. The summed E-state index contributed by atoms with van der Waals surface area (Å²) in [5.41, 5.74) is 25.7. The lowest BCUT2D eigenvalue weighted by molar-refractivity contribution is 1.02. The smallest absolute Gasteiger partial charge is 0.235 e. The van der Waals surface area contributed by atoms with Gasteiger partial charge < -0.3 is 4.98 Å². The van der Waals surface area contributed by atoms with Gasteiger partial charge >= 0.3 is 0 Å². The number of fused-ring (bicyclic) bond motifs is 16. The van der Waals surface area contributed by atoms with Crippen LogP contribution in [-0.4, -0.2) is 29.5 Å². The first-order valence-electron chi connectivity index (χ1n) is 30.7. The van der Waals surface area contributed by atoms with Crippen molar-refractivity contribution in [3.8, 4) is 95.2 Å². The van der Waals surface area contributed by atoms with Crippen molar-refractivity contribution in [3.63, 3.8) is 0 Å². The molecule has 0 spiro atoms. The zero-order chi connectivity index (χ0) is 60.1. The first-order valence-corrected chi connectivity index (χ1v) is 31.1. The predicted molar refractivity (Wildman–Crippen MR) is 380 cm³/mol. The van der Waals surface area contributed by atoms with E-state index in [4.69, 9.17) is 21.6 Å². The Kier molecular flexibility index (Phi) is 12.2. The van der Waals surface area contributed by atoms with E-state index in [1.54, 1.807) is 0 Å². The Bertz CT molecular complexity index is 5950. The summed E-state index contributed by atoms with van der Waals surface area (Å²) in [5, 5.41) is 12.6. The first-order chi connectivity index (χ1) is 45.1. The van der Waals surface area contributed by atoms with Crippen LogP contribution in [0.3, 0.4) is 0 Å². The Morgan fingerprint density at radius 3 is 1.30 bits per heavy atom. The number of aromatic amines is 1. The second kappa shape index (κ2) is 21.2. The molecule has 20 rings (SSSR count). The van der Waals surface area contributed by atoms with Crippen LogP contribution in [0.2, 0.25) is 5.28 Å². The van der Waals surface area contributed by atoms with Gasteiger partial charge in [-0.2, -0.15) is 0 Å². The number of H-pyrrole nitrogens is 1. The standard InChI is InChI=1S/C42H25N3.C22H13N.C20H13ClN2/c1-2-11-26(12-3-1)27-21-23-28(24-22-27)40-33-16-6-8-19-37(33)43-42(44-40)45-38-20-9-7-15-31(38)36-25-35-30-14-5-4-13-29(30)32-17-10-18-34(39(32)35)41(36)45;1-2-7-14-13(6-1)16-9-5-10-17-21(16)18(14)12-19-15-8-3-4-11-20(15)23-22(17)19;21-20-22-18-9-5-4-8-17(18)19(23-20)16-12-10-15(11-13-16)14-6-2-1-3-7-14/h1-25H;1-12,23H;1-13H. The van der Waals surface area contributed by atoms with Gasteiger partial charge in [0.25, 0.3) is 0 Å². The molecule has 4 heterocycles. The molecule has 0 unspecified atom stereocenters. The van der Waals surface area contributed by atoms with Gasteiger partial charge in [-0.1, -0.05) is 267 Å². The third-order valence-corrected chi connectivity index (χ3v) is 18.5. The van der Waals surface area contributed by atoms with E-state index < -0.39 is 0 Å². The van der Waals surface area contributed by atoms with Crippen LogP contribution in [0.5, 0.6) is 0 Å². The maximum absolute atomic E-state index is 6.08. The Labute approximate surface area is 528 Å². The van der Waals surface area contributed by atoms with E-state index in [-0.39, 0.29) is 5.28 Å². The van der Waals surface area contributed by atoms with Crippen LogP contribution < -0.4 is 0 Å². The lowest BCUT2D eigenvalue weighted by Gasteiger charge is -2.13. The highest BCUT2D eigenvalue weighted by Crippen LogP contribution is 2.52. The predicted octanol–water partition coefficient (Wildman–Crippen LogP) is 22.6. The molecule has 91 heavy (non-hydrogen) atoms. The Balaban J connectivity index is 0.000000112. The van der Waals surface area contributed by atoms with Gasteiger partial charge in [0.15, 0.2) is 0 Å². The molecule has 0 radical (unpaired) electrons. The molecule has 0 saturated carbocycles. The fourth-order valence-electron chi connectivity index (χ4n) is 14.3. The highest BCUT2D eigenvalue weighted by molar-refractivity contribution is 6.30. The molecule has 0 aliphatic heterocycles. The summed E-state index contributed by atoms with van der Waals surface area (Å²) in [7, 11) is 0. The fourth-order valence-corrected chi connectivity index (χ4v) is 14.4. The van der Waals surface area contributed by atoms with Gasteiger partial charge in [0.2, 0.25) is 11.2 Å². The van der Waals surface area contributed by atoms with Crippen molar-refractivity contribution in [1.29, 1.82) is 0 Å². The molecule has 18 aromatic rings. The van der Waals surface area contributed by atoms with Crippen LogP contribution in [0.1, 0.15) is 0 Å². The van der Waals surface area contributed by atoms with Crippen molar-refractivity contribution >= 4 is 98.6 Å². The Morgan fingerprint density at radius 1 is 0.275 bits per heavy atom. The molecular formula is C84H51ClN6. The van der Waals surface area contributed by atoms with Crippen molar-refractivity contribution in [1.82, 2.24) is 29.5 Å². The Hall–Kier alpha value is -11.8. The quantitative estimate of drug-likeness (QED) is 0.174. The molecule has 424 valence electrons. The van der Waals surface area contributed by atoms with Crippen molar-refractivity contribution in [2.24, 2.45) is 0 Å². The molecular weight excluding hydrogens is 1130 g/mol. The van der Waals surface area contributed by atoms with Crippen molar-refractivity contribution < 1.29 is 0 Å². The summed E-state index contributed by atoms with van der Waals surface area (Å²) < 4.78 is 2.28. The molecule has 2 aliphatic carbocycles. The van der Waals surface area contributed by atoms with Crippen molar-refractivity contribution in [3.05, 3.63) is 309 Å². The Morgan fingerprint density at radius 2 is 0.692 bits per heavy atom. The number of halogens is 1. The zero-order valence-corrected chi connectivity index (χ0v) is 49.7. The number of aromatic nitrogens is 6. The van der Waals surface area contributed by atoms with Crippen LogP contribution >= 0.6 is 11.6 Å². The number of benzene rings is 14. The largest absolute Gasteiger partial charge is 0.354 e. The first kappa shape index (κ1) is 52.3. The lowest BCUT2D eigenvalue weighted by atomic mass is 9.99. The number of hydrogen-bond acceptors (Lipinski definition) is 4. The molecule has 0 saturated heterocycles. The monoisotopic (exact) mass is 1180 g/mol. The van der Waals surface area contributed by atoms with E-state index >= 15 is 0 Å². The number of para-hydroxylation sites is 4. The number of nitrogens with one attached hydrogen (secondary N) is 1. The van der Waals surface area contributed by atoms with Crippen molar-refractivity contribution in [2.75, 3.05) is 0 Å². The van der Waals surface area contributed by atoms with E-state index in [9.17, 15) is 0 Å². The van der Waals surface area contributed by atoms with Crippen molar-refractivity contribution in [2.45, 2.75) is 0 Å². The molecule has 0 amide bonds. The summed E-state index contributed by atoms with van der Waals surface area (Å²) in [6.07, 6.45) is 0. The summed E-state index contributed by atoms with van der Waals surface area (Å²) in [6.45, 7) is 0. The minimum atomic E-state index is 0.269. The van der Waals surface area contributed by atoms with E-state index in [0.29, 0.717) is 5.95 Å². The van der Waals surface area contributed by atoms with E-state index in [1.165, 1.54) is 121 Å². The van der Waals surface area contributed by atoms with Gasteiger partial charge in [0.1, 0.15) is 0 Å². The van der Waals surface area contributed by atoms with E-state index in [2.05, 4.69) is 280 Å². The van der Waals surface area contributed by atoms with Gasteiger partial charge in [-0.15, -0.1) is 0 Å². The van der Waals surface area contributed by atoms with Crippen LogP contribution in [0, 0.1) is 0 Å². The van der Waals surface area contributed by atoms with Crippen LogP contribution in [-0.2, 0) is 0 Å². The highest BCUT2D eigenvalue weighted by Gasteiger charge is 2.27. The summed E-state index contributed by atoms with van der Waals surface area (Å²) in [4.78, 5) is 22.9. The SMILES string of the molecule is Clc1nc(-c2ccc(-c3ccccc3)cc2)c2ccccc2n1.c1ccc(-c2ccc(-c3nc(-n4c5ccccc5c5cc6c7c(cccc7c54)-c4ccccc4-6)nc4ccccc34)cc2)cc1.c1ccc2c(c1)-c1cccc3c1c-2cc1c2ccccc2[nH]c31.